The molecule has 0 bridgehead atoms. The van der Waals surface area contributed by atoms with Gasteiger partial charge in [-0.25, -0.2) is 9.97 Å². The molecule has 4 rings (SSSR count). The van der Waals surface area contributed by atoms with E-state index < -0.39 is 0 Å². The number of H-pyrrole nitrogens is 1. The Morgan fingerprint density at radius 3 is 2.66 bits per heavy atom. The summed E-state index contributed by atoms with van der Waals surface area (Å²) in [6, 6.07) is 8.19. The van der Waals surface area contributed by atoms with Crippen molar-refractivity contribution in [2.24, 2.45) is 0 Å². The largest absolute Gasteiger partial charge is 0.497 e. The van der Waals surface area contributed by atoms with Gasteiger partial charge in [-0.15, -0.1) is 0 Å². The Hall–Kier alpha value is -2.84. The average molecular weight is 397 g/mol. The SMILES string of the molecule is COc1cc(CN2CCN(c3ncnc4[nH]ccc34)CC2CCO)cc(OC)c1. The highest BCUT2D eigenvalue weighted by Crippen LogP contribution is 2.28. The summed E-state index contributed by atoms with van der Waals surface area (Å²) in [5, 5.41) is 10.7. The number of methoxy groups -OCH3 is 2. The van der Waals surface area contributed by atoms with Crippen LogP contribution in [0.1, 0.15) is 12.0 Å². The third kappa shape index (κ3) is 4.13. The van der Waals surface area contributed by atoms with E-state index in [2.05, 4.69) is 24.8 Å². The Morgan fingerprint density at radius 1 is 1.14 bits per heavy atom. The summed E-state index contributed by atoms with van der Waals surface area (Å²) in [4.78, 5) is 16.7. The fraction of sp³-hybridized carbons (Fsp3) is 0.429. The Bertz CT molecular complexity index is 938. The summed E-state index contributed by atoms with van der Waals surface area (Å²) in [7, 11) is 3.32. The quantitative estimate of drug-likeness (QED) is 0.631. The van der Waals surface area contributed by atoms with Crippen molar-refractivity contribution in [1.82, 2.24) is 19.9 Å². The molecule has 0 spiro atoms. The van der Waals surface area contributed by atoms with Crippen LogP contribution in [0.2, 0.25) is 0 Å². The van der Waals surface area contributed by atoms with Gasteiger partial charge in [-0.05, 0) is 30.2 Å². The van der Waals surface area contributed by atoms with Crippen molar-refractivity contribution in [3.05, 3.63) is 42.4 Å². The van der Waals surface area contributed by atoms with Crippen molar-refractivity contribution >= 4 is 16.9 Å². The van der Waals surface area contributed by atoms with E-state index in [1.165, 1.54) is 0 Å². The zero-order chi connectivity index (χ0) is 20.2. The summed E-state index contributed by atoms with van der Waals surface area (Å²) in [5.74, 6) is 2.52. The van der Waals surface area contributed by atoms with E-state index in [1.54, 1.807) is 20.5 Å². The molecular formula is C21H27N5O3. The normalized spacial score (nSPS) is 17.6. The number of benzene rings is 1. The van der Waals surface area contributed by atoms with E-state index in [-0.39, 0.29) is 12.6 Å². The molecule has 1 aliphatic rings. The van der Waals surface area contributed by atoms with Gasteiger partial charge < -0.3 is 24.5 Å². The predicted molar refractivity (Wildman–Crippen MR) is 112 cm³/mol. The maximum atomic E-state index is 9.65. The lowest BCUT2D eigenvalue weighted by atomic mass is 10.1. The maximum absolute atomic E-state index is 9.65. The molecule has 2 aromatic heterocycles. The molecule has 0 saturated carbocycles. The minimum absolute atomic E-state index is 0.153. The number of ether oxygens (including phenoxy) is 2. The van der Waals surface area contributed by atoms with Crippen LogP contribution in [0, 0.1) is 0 Å². The molecule has 29 heavy (non-hydrogen) atoms. The maximum Gasteiger partial charge on any atom is 0.142 e. The van der Waals surface area contributed by atoms with Gasteiger partial charge >= 0.3 is 0 Å². The molecule has 1 atom stereocenters. The van der Waals surface area contributed by atoms with Gasteiger partial charge in [0.05, 0.1) is 19.6 Å². The number of rotatable bonds is 7. The van der Waals surface area contributed by atoms with Crippen molar-refractivity contribution in [2.45, 2.75) is 19.0 Å². The van der Waals surface area contributed by atoms with E-state index >= 15 is 0 Å². The average Bonchev–Trinajstić information content (AvgIpc) is 3.24. The second kappa shape index (κ2) is 8.67. The van der Waals surface area contributed by atoms with Crippen molar-refractivity contribution in [2.75, 3.05) is 45.4 Å². The lowest BCUT2D eigenvalue weighted by Gasteiger charge is -2.42. The van der Waals surface area contributed by atoms with Crippen LogP contribution in [0.3, 0.4) is 0 Å². The van der Waals surface area contributed by atoms with E-state index in [9.17, 15) is 5.11 Å². The number of aliphatic hydroxyl groups excluding tert-OH is 1. The number of piperazine rings is 1. The Labute approximate surface area is 170 Å². The number of hydrogen-bond acceptors (Lipinski definition) is 7. The van der Waals surface area contributed by atoms with Crippen LogP contribution in [0.5, 0.6) is 11.5 Å². The lowest BCUT2D eigenvalue weighted by Crippen LogP contribution is -2.53. The molecule has 2 N–H and O–H groups in total. The van der Waals surface area contributed by atoms with Gasteiger partial charge in [0, 0.05) is 51.1 Å². The zero-order valence-electron chi connectivity index (χ0n) is 16.8. The van der Waals surface area contributed by atoms with Crippen LogP contribution in [0.4, 0.5) is 5.82 Å². The number of nitrogens with zero attached hydrogens (tertiary/aromatic N) is 4. The summed E-state index contributed by atoms with van der Waals surface area (Å²) in [6.45, 7) is 3.47. The molecule has 8 heteroatoms. The molecular weight excluding hydrogens is 370 g/mol. The first-order valence-electron chi connectivity index (χ1n) is 9.81. The minimum Gasteiger partial charge on any atom is -0.497 e. The van der Waals surface area contributed by atoms with Crippen LogP contribution in [0.25, 0.3) is 11.0 Å². The number of aromatic amines is 1. The number of fused-ring (bicyclic) bond motifs is 1. The predicted octanol–water partition coefficient (Wildman–Crippen LogP) is 2.05. The van der Waals surface area contributed by atoms with Crippen molar-refractivity contribution < 1.29 is 14.6 Å². The van der Waals surface area contributed by atoms with Crippen molar-refractivity contribution in [3.8, 4) is 11.5 Å². The van der Waals surface area contributed by atoms with Crippen LogP contribution >= 0.6 is 0 Å². The van der Waals surface area contributed by atoms with Gasteiger partial charge in [-0.2, -0.15) is 0 Å². The number of aromatic nitrogens is 3. The fourth-order valence-corrected chi connectivity index (χ4v) is 4.02. The zero-order valence-corrected chi connectivity index (χ0v) is 16.8. The molecule has 1 saturated heterocycles. The summed E-state index contributed by atoms with van der Waals surface area (Å²) in [5.41, 5.74) is 1.98. The summed E-state index contributed by atoms with van der Waals surface area (Å²) in [6.07, 6.45) is 4.20. The van der Waals surface area contributed by atoms with Gasteiger partial charge in [-0.1, -0.05) is 0 Å². The second-order valence-electron chi connectivity index (χ2n) is 7.24. The first-order chi connectivity index (χ1) is 14.2. The van der Waals surface area contributed by atoms with E-state index in [0.29, 0.717) is 6.42 Å². The van der Waals surface area contributed by atoms with Crippen LogP contribution in [0.15, 0.2) is 36.8 Å². The van der Waals surface area contributed by atoms with Crippen LogP contribution in [-0.4, -0.2) is 71.5 Å². The molecule has 8 nitrogen and oxygen atoms in total. The van der Waals surface area contributed by atoms with Crippen molar-refractivity contribution in [1.29, 1.82) is 0 Å². The second-order valence-corrected chi connectivity index (χ2v) is 7.24. The van der Waals surface area contributed by atoms with E-state index in [0.717, 1.165) is 60.1 Å². The highest BCUT2D eigenvalue weighted by atomic mass is 16.5. The molecule has 1 fully saturated rings. The molecule has 1 aromatic carbocycles. The molecule has 0 aliphatic carbocycles. The molecule has 1 aliphatic heterocycles. The Balaban J connectivity index is 1.54. The number of aliphatic hydroxyl groups is 1. The smallest absolute Gasteiger partial charge is 0.142 e. The van der Waals surface area contributed by atoms with Gasteiger partial charge in [-0.3, -0.25) is 4.90 Å². The highest BCUT2D eigenvalue weighted by molar-refractivity contribution is 5.87. The van der Waals surface area contributed by atoms with E-state index in [1.807, 2.05) is 30.5 Å². The fourth-order valence-electron chi connectivity index (χ4n) is 4.02. The minimum atomic E-state index is 0.153. The Morgan fingerprint density at radius 2 is 1.93 bits per heavy atom. The van der Waals surface area contributed by atoms with E-state index in [4.69, 9.17) is 9.47 Å². The molecule has 3 aromatic rings. The first-order valence-corrected chi connectivity index (χ1v) is 9.81. The Kier molecular flexibility index (Phi) is 5.82. The number of anilines is 1. The number of nitrogens with one attached hydrogen (secondary N) is 1. The van der Waals surface area contributed by atoms with Crippen LogP contribution < -0.4 is 14.4 Å². The van der Waals surface area contributed by atoms with Crippen molar-refractivity contribution in [3.63, 3.8) is 0 Å². The van der Waals surface area contributed by atoms with Gasteiger partial charge in [0.2, 0.25) is 0 Å². The van der Waals surface area contributed by atoms with Gasteiger partial charge in [0.15, 0.2) is 0 Å². The standard InChI is InChI=1S/C21H27N5O3/c1-28-17-9-15(10-18(11-17)29-2)12-25-6-7-26(13-16(25)4-8-27)21-19-3-5-22-20(19)23-14-24-21/h3,5,9-11,14,16,27H,4,6-8,12-13H2,1-2H3,(H,22,23,24). The highest BCUT2D eigenvalue weighted by Gasteiger charge is 2.28. The molecule has 154 valence electrons. The van der Waals surface area contributed by atoms with Crippen LogP contribution in [-0.2, 0) is 6.54 Å². The van der Waals surface area contributed by atoms with Gasteiger partial charge in [0.25, 0.3) is 0 Å². The monoisotopic (exact) mass is 397 g/mol. The summed E-state index contributed by atoms with van der Waals surface area (Å²) < 4.78 is 10.8. The third-order valence-electron chi connectivity index (χ3n) is 5.50. The first kappa shape index (κ1) is 19.5. The summed E-state index contributed by atoms with van der Waals surface area (Å²) >= 11 is 0. The topological polar surface area (TPSA) is 86.7 Å². The molecule has 3 heterocycles. The number of hydrogen-bond donors (Lipinski definition) is 2. The van der Waals surface area contributed by atoms with Gasteiger partial charge in [0.1, 0.15) is 29.3 Å². The third-order valence-corrected chi connectivity index (χ3v) is 5.50. The molecule has 0 amide bonds. The lowest BCUT2D eigenvalue weighted by molar-refractivity contribution is 0.135. The molecule has 1 unspecified atom stereocenters. The molecule has 0 radical (unpaired) electrons.